The fourth-order valence-electron chi connectivity index (χ4n) is 8.04. The van der Waals surface area contributed by atoms with Gasteiger partial charge >= 0.3 is 6.03 Å². The Kier molecular flexibility index (Phi) is 8.14. The standard InChI is InChI=1S/C35H43FN6O2/c1-24-37-32-23-39(34(43)25-7-5-8-25)20-17-33(32)42(24)31-21-29-15-16-30(22-31)40(29)18-6-19-41(28-9-3-2-4-10-28)35(44)38-27-13-11-26(36)12-14-27/h2-4,9-14,25,29-31H,5-8,15-23H2,1H3,(H,38,44)/t29-,30-/m1/s1. The fourth-order valence-corrected chi connectivity index (χ4v) is 8.04. The number of urea groups is 1. The highest BCUT2D eigenvalue weighted by Crippen LogP contribution is 2.42. The summed E-state index contributed by atoms with van der Waals surface area (Å²) in [4.78, 5) is 37.8. The highest BCUT2D eigenvalue weighted by atomic mass is 19.1. The number of rotatable bonds is 8. The summed E-state index contributed by atoms with van der Waals surface area (Å²) in [6.07, 6.45) is 9.73. The number of nitrogens with zero attached hydrogens (tertiary/aromatic N) is 5. The van der Waals surface area contributed by atoms with Gasteiger partial charge in [0.2, 0.25) is 5.91 Å². The van der Waals surface area contributed by atoms with Crippen molar-refractivity contribution in [3.8, 4) is 0 Å². The van der Waals surface area contributed by atoms with Gasteiger partial charge in [-0.2, -0.15) is 0 Å². The molecule has 8 nitrogen and oxygen atoms in total. The second kappa shape index (κ2) is 12.3. The molecule has 2 saturated heterocycles. The number of piperidine rings is 1. The van der Waals surface area contributed by atoms with Crippen LogP contribution in [0, 0.1) is 18.7 Å². The van der Waals surface area contributed by atoms with E-state index in [1.165, 1.54) is 37.1 Å². The van der Waals surface area contributed by atoms with E-state index in [2.05, 4.69) is 21.7 Å². The number of aryl methyl sites for hydroxylation is 1. The number of imidazole rings is 1. The second-order valence-corrected chi connectivity index (χ2v) is 13.1. The number of para-hydroxylation sites is 1. The highest BCUT2D eigenvalue weighted by molar-refractivity contribution is 6.01. The van der Waals surface area contributed by atoms with Crippen LogP contribution in [-0.2, 0) is 17.8 Å². The molecule has 2 atom stereocenters. The number of aromatic nitrogens is 2. The lowest BCUT2D eigenvalue weighted by Crippen LogP contribution is -2.46. The van der Waals surface area contributed by atoms with Gasteiger partial charge < -0.3 is 14.8 Å². The molecule has 2 aromatic carbocycles. The van der Waals surface area contributed by atoms with Crippen LogP contribution in [0.25, 0.3) is 0 Å². The van der Waals surface area contributed by atoms with Gasteiger partial charge in [0, 0.05) is 67.2 Å². The highest BCUT2D eigenvalue weighted by Gasteiger charge is 2.42. The van der Waals surface area contributed by atoms with E-state index in [-0.39, 0.29) is 17.8 Å². The Bertz CT molecular complexity index is 1470. The van der Waals surface area contributed by atoms with Gasteiger partial charge in [-0.15, -0.1) is 0 Å². The molecule has 1 aromatic heterocycles. The summed E-state index contributed by atoms with van der Waals surface area (Å²) < 4.78 is 15.9. The van der Waals surface area contributed by atoms with Crippen molar-refractivity contribution in [3.63, 3.8) is 0 Å². The Labute approximate surface area is 259 Å². The number of amides is 3. The molecule has 2 bridgehead atoms. The molecule has 0 radical (unpaired) electrons. The maximum atomic E-state index is 13.4. The van der Waals surface area contributed by atoms with Crippen LogP contribution < -0.4 is 10.2 Å². The first-order valence-electron chi connectivity index (χ1n) is 16.4. The van der Waals surface area contributed by atoms with Gasteiger partial charge in [-0.3, -0.25) is 14.6 Å². The molecule has 3 aliphatic heterocycles. The van der Waals surface area contributed by atoms with Crippen LogP contribution in [0.4, 0.5) is 20.6 Å². The number of hydrogen-bond acceptors (Lipinski definition) is 4. The first-order valence-corrected chi connectivity index (χ1v) is 16.4. The molecule has 0 spiro atoms. The number of anilines is 2. The Balaban J connectivity index is 0.981. The van der Waals surface area contributed by atoms with Crippen molar-refractivity contribution in [2.45, 2.75) is 89.4 Å². The number of nitrogens with one attached hydrogen (secondary N) is 1. The Morgan fingerprint density at radius 1 is 0.977 bits per heavy atom. The minimum absolute atomic E-state index is 0.210. The van der Waals surface area contributed by atoms with E-state index in [0.717, 1.165) is 68.8 Å². The van der Waals surface area contributed by atoms with Crippen LogP contribution in [0.3, 0.4) is 0 Å². The summed E-state index contributed by atoms with van der Waals surface area (Å²) >= 11 is 0. The quantitative estimate of drug-likeness (QED) is 0.330. The van der Waals surface area contributed by atoms with Gasteiger partial charge in [-0.25, -0.2) is 14.2 Å². The lowest BCUT2D eigenvalue weighted by atomic mass is 9.84. The molecule has 232 valence electrons. The SMILES string of the molecule is Cc1nc2c(n1C1C[C@H]3CC[C@H](C1)N3CCCN(C(=O)Nc1ccc(F)cc1)c1ccccc1)CCN(C(=O)C1CCC1)C2. The topological polar surface area (TPSA) is 73.7 Å². The summed E-state index contributed by atoms with van der Waals surface area (Å²) in [5.41, 5.74) is 3.88. The van der Waals surface area contributed by atoms with E-state index in [9.17, 15) is 14.0 Å². The number of fused-ring (bicyclic) bond motifs is 3. The second-order valence-electron chi connectivity index (χ2n) is 13.1. The van der Waals surface area contributed by atoms with E-state index >= 15 is 0 Å². The molecular weight excluding hydrogens is 555 g/mol. The normalized spacial score (nSPS) is 23.2. The van der Waals surface area contributed by atoms with Crippen molar-refractivity contribution >= 4 is 23.3 Å². The Morgan fingerprint density at radius 2 is 1.70 bits per heavy atom. The molecule has 0 unspecified atom stereocenters. The molecular formula is C35H43FN6O2. The summed E-state index contributed by atoms with van der Waals surface area (Å²) in [6.45, 7) is 5.16. The van der Waals surface area contributed by atoms with Crippen LogP contribution >= 0.6 is 0 Å². The van der Waals surface area contributed by atoms with Crippen molar-refractivity contribution in [1.82, 2.24) is 19.4 Å². The lowest BCUT2D eigenvalue weighted by Gasteiger charge is -2.41. The largest absolute Gasteiger partial charge is 0.336 e. The van der Waals surface area contributed by atoms with Crippen LogP contribution in [0.5, 0.6) is 0 Å². The van der Waals surface area contributed by atoms with Crippen molar-refractivity contribution in [2.75, 3.05) is 29.9 Å². The van der Waals surface area contributed by atoms with Gasteiger partial charge in [-0.1, -0.05) is 24.6 Å². The molecule has 4 heterocycles. The van der Waals surface area contributed by atoms with Crippen molar-refractivity contribution in [2.24, 2.45) is 5.92 Å². The van der Waals surface area contributed by atoms with Gasteiger partial charge in [-0.05, 0) is 88.3 Å². The van der Waals surface area contributed by atoms with Crippen LogP contribution in [0.2, 0.25) is 0 Å². The number of halogens is 1. The number of carbonyl (C=O) groups excluding carboxylic acids is 2. The molecule has 3 fully saturated rings. The molecule has 44 heavy (non-hydrogen) atoms. The van der Waals surface area contributed by atoms with Gasteiger partial charge in [0.1, 0.15) is 11.6 Å². The third-order valence-corrected chi connectivity index (χ3v) is 10.4. The van der Waals surface area contributed by atoms with Crippen molar-refractivity contribution in [3.05, 3.63) is 77.6 Å². The van der Waals surface area contributed by atoms with E-state index in [1.807, 2.05) is 35.2 Å². The monoisotopic (exact) mass is 598 g/mol. The first kappa shape index (κ1) is 29.0. The van der Waals surface area contributed by atoms with Crippen LogP contribution in [0.1, 0.15) is 74.6 Å². The molecule has 1 N–H and O–H groups in total. The van der Waals surface area contributed by atoms with Crippen molar-refractivity contribution in [1.29, 1.82) is 0 Å². The summed E-state index contributed by atoms with van der Waals surface area (Å²) in [6, 6.07) is 16.9. The predicted octanol–water partition coefficient (Wildman–Crippen LogP) is 6.31. The van der Waals surface area contributed by atoms with Gasteiger partial charge in [0.15, 0.2) is 0 Å². The molecule has 3 aromatic rings. The van der Waals surface area contributed by atoms with E-state index in [4.69, 9.17) is 4.98 Å². The molecule has 3 amide bonds. The minimum Gasteiger partial charge on any atom is -0.336 e. The van der Waals surface area contributed by atoms with E-state index in [0.29, 0.717) is 42.8 Å². The molecule has 1 saturated carbocycles. The zero-order chi connectivity index (χ0) is 30.2. The predicted molar refractivity (Wildman–Crippen MR) is 169 cm³/mol. The summed E-state index contributed by atoms with van der Waals surface area (Å²) in [7, 11) is 0. The molecule has 1 aliphatic carbocycles. The Hall–Kier alpha value is -3.72. The zero-order valence-corrected chi connectivity index (χ0v) is 25.6. The third-order valence-electron chi connectivity index (χ3n) is 10.4. The minimum atomic E-state index is -0.327. The van der Waals surface area contributed by atoms with Crippen LogP contribution in [-0.4, -0.2) is 63.0 Å². The maximum Gasteiger partial charge on any atom is 0.326 e. The van der Waals surface area contributed by atoms with E-state index < -0.39 is 0 Å². The summed E-state index contributed by atoms with van der Waals surface area (Å²) in [5.74, 6) is 1.34. The van der Waals surface area contributed by atoms with Crippen molar-refractivity contribution < 1.29 is 14.0 Å². The fraction of sp³-hybridized carbons (Fsp3) is 0.514. The molecule has 9 heteroatoms. The lowest BCUT2D eigenvalue weighted by molar-refractivity contribution is -0.139. The first-order chi connectivity index (χ1) is 21.4. The Morgan fingerprint density at radius 3 is 2.39 bits per heavy atom. The average Bonchev–Trinajstić information content (AvgIpc) is 3.45. The van der Waals surface area contributed by atoms with E-state index in [1.54, 1.807) is 17.0 Å². The van der Waals surface area contributed by atoms with Gasteiger partial charge in [0.25, 0.3) is 0 Å². The number of benzene rings is 2. The number of carbonyl (C=O) groups is 2. The van der Waals surface area contributed by atoms with Gasteiger partial charge in [0.05, 0.1) is 12.2 Å². The molecule has 7 rings (SSSR count). The molecule has 4 aliphatic rings. The third kappa shape index (κ3) is 5.74. The summed E-state index contributed by atoms with van der Waals surface area (Å²) in [5, 5.41) is 2.93. The smallest absolute Gasteiger partial charge is 0.326 e. The maximum absolute atomic E-state index is 13.4. The van der Waals surface area contributed by atoms with Crippen LogP contribution in [0.15, 0.2) is 54.6 Å². The number of hydrogen-bond donors (Lipinski definition) is 1. The average molecular weight is 599 g/mol. The zero-order valence-electron chi connectivity index (χ0n) is 25.6.